The molecule has 0 unspecified atom stereocenters. The summed E-state index contributed by atoms with van der Waals surface area (Å²) in [6.07, 6.45) is 1.55. The Morgan fingerprint density at radius 1 is 1.12 bits per heavy atom. The van der Waals surface area contributed by atoms with Gasteiger partial charge in [-0.15, -0.1) is 0 Å². The van der Waals surface area contributed by atoms with Crippen molar-refractivity contribution < 1.29 is 8.42 Å². The summed E-state index contributed by atoms with van der Waals surface area (Å²) in [5, 5.41) is 3.84. The highest BCUT2D eigenvalue weighted by atomic mass is 35.5. The van der Waals surface area contributed by atoms with Crippen LogP contribution in [0.15, 0.2) is 35.4 Å². The average molecular weight is 379 g/mol. The molecule has 2 heterocycles. The summed E-state index contributed by atoms with van der Waals surface area (Å²) in [7, 11) is -3.78. The van der Waals surface area contributed by atoms with Gasteiger partial charge in [-0.2, -0.15) is 4.98 Å². The van der Waals surface area contributed by atoms with Crippen LogP contribution < -0.4 is 5.32 Å². The molecule has 0 fully saturated rings. The molecule has 0 aliphatic rings. The molecule has 0 atom stereocenters. The fraction of sp³-hybridized carbons (Fsp3) is 0.294. The van der Waals surface area contributed by atoms with Gasteiger partial charge in [0.25, 0.3) is 10.0 Å². The number of aromatic nitrogens is 3. The van der Waals surface area contributed by atoms with Crippen molar-refractivity contribution in [3.63, 3.8) is 0 Å². The van der Waals surface area contributed by atoms with Crippen molar-refractivity contribution in [3.05, 3.63) is 46.9 Å². The van der Waals surface area contributed by atoms with Crippen molar-refractivity contribution in [3.8, 4) is 0 Å². The second kappa shape index (κ2) is 6.31. The van der Waals surface area contributed by atoms with Gasteiger partial charge >= 0.3 is 0 Å². The predicted octanol–water partition coefficient (Wildman–Crippen LogP) is 3.76. The van der Waals surface area contributed by atoms with E-state index in [0.29, 0.717) is 11.2 Å². The van der Waals surface area contributed by atoms with E-state index in [2.05, 4.69) is 15.3 Å². The number of hydrogen-bond acceptors (Lipinski definition) is 5. The topological polar surface area (TPSA) is 76.9 Å². The monoisotopic (exact) mass is 378 g/mol. The molecule has 25 heavy (non-hydrogen) atoms. The molecule has 8 heteroatoms. The molecule has 0 bridgehead atoms. The Kier molecular flexibility index (Phi) is 4.47. The molecule has 6 nitrogen and oxygen atoms in total. The van der Waals surface area contributed by atoms with Crippen LogP contribution in [-0.2, 0) is 10.0 Å². The first-order chi connectivity index (χ1) is 11.7. The molecule has 132 valence electrons. The number of hydrogen-bond donors (Lipinski definition) is 1. The van der Waals surface area contributed by atoms with Crippen molar-refractivity contribution >= 4 is 38.5 Å². The van der Waals surface area contributed by atoms with Crippen LogP contribution >= 0.6 is 11.6 Å². The largest absolute Gasteiger partial charge is 0.367 e. The Bertz CT molecular complexity index is 1040. The summed E-state index contributed by atoms with van der Waals surface area (Å²) in [6, 6.07) is 6.81. The molecule has 1 N–H and O–H groups in total. The van der Waals surface area contributed by atoms with Gasteiger partial charge in [-0.3, -0.25) is 0 Å². The Hall–Kier alpha value is -2.12. The molecule has 0 spiro atoms. The number of nitrogens with one attached hydrogen (secondary N) is 1. The molecule has 0 amide bonds. The number of benzene rings is 1. The van der Waals surface area contributed by atoms with Gasteiger partial charge in [0.2, 0.25) is 5.28 Å². The van der Waals surface area contributed by atoms with Gasteiger partial charge in [-0.1, -0.05) is 17.7 Å². The van der Waals surface area contributed by atoms with Gasteiger partial charge in [0.15, 0.2) is 5.65 Å². The number of nitrogens with zero attached hydrogens (tertiary/aromatic N) is 3. The SMILES string of the molecule is Cc1ccc(S(=O)(=O)n2cc(C)c3c(NC(C)C)nc(Cl)nc32)cc1. The second-order valence-corrected chi connectivity index (χ2v) is 8.42. The lowest BCUT2D eigenvalue weighted by atomic mass is 10.2. The highest BCUT2D eigenvalue weighted by molar-refractivity contribution is 7.90. The first kappa shape index (κ1) is 17.7. The van der Waals surface area contributed by atoms with Crippen LogP contribution in [0, 0.1) is 13.8 Å². The van der Waals surface area contributed by atoms with Crippen molar-refractivity contribution in [1.82, 2.24) is 13.9 Å². The molecule has 2 aromatic heterocycles. The molecule has 3 rings (SSSR count). The molecular formula is C17H19ClN4O2S. The van der Waals surface area contributed by atoms with Gasteiger partial charge in [0.1, 0.15) is 5.82 Å². The van der Waals surface area contributed by atoms with E-state index in [-0.39, 0.29) is 21.9 Å². The van der Waals surface area contributed by atoms with Crippen LogP contribution in [-0.4, -0.2) is 28.4 Å². The number of anilines is 1. The maximum Gasteiger partial charge on any atom is 0.269 e. The minimum Gasteiger partial charge on any atom is -0.367 e. The maximum absolute atomic E-state index is 13.1. The van der Waals surface area contributed by atoms with E-state index >= 15 is 0 Å². The molecule has 1 aromatic carbocycles. The highest BCUT2D eigenvalue weighted by Crippen LogP contribution is 2.30. The average Bonchev–Trinajstić information content (AvgIpc) is 2.84. The van der Waals surface area contributed by atoms with E-state index in [1.54, 1.807) is 30.5 Å². The molecule has 0 saturated heterocycles. The van der Waals surface area contributed by atoms with E-state index in [1.807, 2.05) is 27.7 Å². The van der Waals surface area contributed by atoms with Crippen LogP contribution in [0.3, 0.4) is 0 Å². The lowest BCUT2D eigenvalue weighted by Gasteiger charge is -2.11. The first-order valence-electron chi connectivity index (χ1n) is 7.84. The van der Waals surface area contributed by atoms with Crippen molar-refractivity contribution in [1.29, 1.82) is 0 Å². The van der Waals surface area contributed by atoms with Crippen molar-refractivity contribution in [2.45, 2.75) is 38.6 Å². The number of rotatable bonds is 4. The fourth-order valence-corrected chi connectivity index (χ4v) is 4.16. The Morgan fingerprint density at radius 3 is 2.36 bits per heavy atom. The summed E-state index contributed by atoms with van der Waals surface area (Å²) < 4.78 is 27.3. The Morgan fingerprint density at radius 2 is 1.76 bits per heavy atom. The van der Waals surface area contributed by atoms with Gasteiger partial charge in [-0.05, 0) is 57.0 Å². The van der Waals surface area contributed by atoms with Crippen LogP contribution in [0.5, 0.6) is 0 Å². The van der Waals surface area contributed by atoms with Gasteiger partial charge < -0.3 is 5.32 Å². The maximum atomic E-state index is 13.1. The zero-order chi connectivity index (χ0) is 18.4. The fourth-order valence-electron chi connectivity index (χ4n) is 2.63. The van der Waals surface area contributed by atoms with Crippen LogP contribution in [0.2, 0.25) is 5.28 Å². The van der Waals surface area contributed by atoms with E-state index in [0.717, 1.165) is 11.1 Å². The quantitative estimate of drug-likeness (QED) is 0.699. The van der Waals surface area contributed by atoms with Gasteiger partial charge in [0.05, 0.1) is 10.3 Å². The van der Waals surface area contributed by atoms with Gasteiger partial charge in [-0.25, -0.2) is 17.4 Å². The third-order valence-electron chi connectivity index (χ3n) is 3.78. The van der Waals surface area contributed by atoms with Crippen LogP contribution in [0.4, 0.5) is 5.82 Å². The Labute approximate surface area is 151 Å². The molecule has 0 aliphatic heterocycles. The second-order valence-electron chi connectivity index (χ2n) is 6.26. The molecule has 3 aromatic rings. The summed E-state index contributed by atoms with van der Waals surface area (Å²) in [6.45, 7) is 7.67. The molecule has 0 radical (unpaired) electrons. The summed E-state index contributed by atoms with van der Waals surface area (Å²) in [5.74, 6) is 0.528. The zero-order valence-corrected chi connectivity index (χ0v) is 16.0. The highest BCUT2D eigenvalue weighted by Gasteiger charge is 2.24. The molecule has 0 saturated carbocycles. The number of aryl methyl sites for hydroxylation is 2. The van der Waals surface area contributed by atoms with Gasteiger partial charge in [0, 0.05) is 12.2 Å². The zero-order valence-electron chi connectivity index (χ0n) is 14.4. The number of fused-ring (bicyclic) bond motifs is 1. The lowest BCUT2D eigenvalue weighted by molar-refractivity contribution is 0.588. The normalized spacial score (nSPS) is 12.1. The van der Waals surface area contributed by atoms with E-state index in [4.69, 9.17) is 11.6 Å². The molecule has 0 aliphatic carbocycles. The summed E-state index contributed by atoms with van der Waals surface area (Å²) >= 11 is 6.04. The van der Waals surface area contributed by atoms with E-state index < -0.39 is 10.0 Å². The first-order valence-corrected chi connectivity index (χ1v) is 9.66. The lowest BCUT2D eigenvalue weighted by Crippen LogP contribution is -2.14. The third kappa shape index (κ3) is 3.21. The van der Waals surface area contributed by atoms with E-state index in [9.17, 15) is 8.42 Å². The number of halogens is 1. The minimum absolute atomic E-state index is 0.00546. The third-order valence-corrected chi connectivity index (χ3v) is 5.61. The van der Waals surface area contributed by atoms with Crippen molar-refractivity contribution in [2.24, 2.45) is 0 Å². The standard InChI is InChI=1S/C17H19ClN4O2S/c1-10(2)19-15-14-12(4)9-22(16(14)21-17(18)20-15)25(23,24)13-7-5-11(3)6-8-13/h5-10H,1-4H3,(H,19,20,21). The summed E-state index contributed by atoms with van der Waals surface area (Å²) in [5.41, 5.74) is 2.01. The minimum atomic E-state index is -3.78. The van der Waals surface area contributed by atoms with Crippen molar-refractivity contribution in [2.75, 3.05) is 5.32 Å². The summed E-state index contributed by atoms with van der Waals surface area (Å²) in [4.78, 5) is 8.59. The van der Waals surface area contributed by atoms with Crippen LogP contribution in [0.25, 0.3) is 11.0 Å². The van der Waals surface area contributed by atoms with Crippen LogP contribution in [0.1, 0.15) is 25.0 Å². The molecular weight excluding hydrogens is 360 g/mol. The van der Waals surface area contributed by atoms with E-state index in [1.165, 1.54) is 3.97 Å². The predicted molar refractivity (Wildman–Crippen MR) is 99.8 cm³/mol. The Balaban J connectivity index is 2.27. The smallest absolute Gasteiger partial charge is 0.269 e.